The Morgan fingerprint density at radius 3 is 2.62 bits per heavy atom. The summed E-state index contributed by atoms with van der Waals surface area (Å²) in [5, 5.41) is 12.2. The van der Waals surface area contributed by atoms with Gasteiger partial charge in [0.1, 0.15) is 11.5 Å². The van der Waals surface area contributed by atoms with Gasteiger partial charge in [-0.1, -0.05) is 11.6 Å². The van der Waals surface area contributed by atoms with Crippen molar-refractivity contribution in [3.8, 4) is 11.5 Å². The van der Waals surface area contributed by atoms with Crippen molar-refractivity contribution in [2.75, 3.05) is 39.2 Å². The average Bonchev–Trinajstić information content (AvgIpc) is 3.03. The highest BCUT2D eigenvalue weighted by atomic mass is 35.5. The van der Waals surface area contributed by atoms with E-state index in [1.807, 2.05) is 4.90 Å². The van der Waals surface area contributed by atoms with Crippen molar-refractivity contribution in [1.29, 1.82) is 0 Å². The third-order valence-electron chi connectivity index (χ3n) is 4.02. The molecule has 8 heteroatoms. The number of aliphatic carboxylic acids is 1. The highest BCUT2D eigenvalue weighted by molar-refractivity contribution is 6.32. The van der Waals surface area contributed by atoms with E-state index < -0.39 is 5.97 Å². The fourth-order valence-corrected chi connectivity index (χ4v) is 2.90. The van der Waals surface area contributed by atoms with Crippen LogP contribution in [0.25, 0.3) is 0 Å². The van der Waals surface area contributed by atoms with Crippen LogP contribution < -0.4 is 14.8 Å². The standard InChI is InChI=1S/C16H21ClN2O5/c1-23-13-8-12(14(24-2)7-11(13)17)18-15(20)4-6-19-5-3-10(9-19)16(21)22/h7-8,10H,3-6,9H2,1-2H3,(H,18,20)(H,21,22). The molecular weight excluding hydrogens is 336 g/mol. The van der Waals surface area contributed by atoms with Crippen molar-refractivity contribution in [3.05, 3.63) is 17.2 Å². The van der Waals surface area contributed by atoms with Crippen LogP contribution in [0.3, 0.4) is 0 Å². The molecule has 1 aliphatic rings. The number of anilines is 1. The van der Waals surface area contributed by atoms with Crippen LogP contribution in [0.15, 0.2) is 12.1 Å². The molecule has 1 unspecified atom stereocenters. The van der Waals surface area contributed by atoms with Crippen LogP contribution >= 0.6 is 11.6 Å². The van der Waals surface area contributed by atoms with Gasteiger partial charge in [-0.15, -0.1) is 0 Å². The second-order valence-electron chi connectivity index (χ2n) is 5.61. The number of carbonyl (C=O) groups excluding carboxylic acids is 1. The Labute approximate surface area is 145 Å². The molecule has 0 aliphatic carbocycles. The van der Waals surface area contributed by atoms with E-state index in [0.717, 1.165) is 0 Å². The van der Waals surface area contributed by atoms with Crippen molar-refractivity contribution in [3.63, 3.8) is 0 Å². The van der Waals surface area contributed by atoms with E-state index in [9.17, 15) is 9.59 Å². The molecular formula is C16H21ClN2O5. The quantitative estimate of drug-likeness (QED) is 0.777. The molecule has 1 amide bonds. The second kappa shape index (κ2) is 8.21. The molecule has 0 aromatic heterocycles. The van der Waals surface area contributed by atoms with E-state index in [4.69, 9.17) is 26.2 Å². The molecule has 0 spiro atoms. The summed E-state index contributed by atoms with van der Waals surface area (Å²) in [6.07, 6.45) is 0.888. The molecule has 1 atom stereocenters. The van der Waals surface area contributed by atoms with E-state index in [0.29, 0.717) is 48.3 Å². The Kier molecular flexibility index (Phi) is 6.28. The van der Waals surface area contributed by atoms with Crippen LogP contribution in [0.5, 0.6) is 11.5 Å². The van der Waals surface area contributed by atoms with Crippen molar-refractivity contribution in [2.45, 2.75) is 12.8 Å². The van der Waals surface area contributed by atoms with E-state index in [1.165, 1.54) is 14.2 Å². The van der Waals surface area contributed by atoms with Gasteiger partial charge in [-0.3, -0.25) is 9.59 Å². The predicted molar refractivity (Wildman–Crippen MR) is 90.0 cm³/mol. The summed E-state index contributed by atoms with van der Waals surface area (Å²) >= 11 is 6.03. The Hall–Kier alpha value is -1.99. The van der Waals surface area contributed by atoms with Crippen LogP contribution in [0.1, 0.15) is 12.8 Å². The largest absolute Gasteiger partial charge is 0.495 e. The number of nitrogens with zero attached hydrogens (tertiary/aromatic N) is 1. The van der Waals surface area contributed by atoms with E-state index in [1.54, 1.807) is 12.1 Å². The zero-order chi connectivity index (χ0) is 17.7. The molecule has 2 rings (SSSR count). The minimum absolute atomic E-state index is 0.184. The first-order chi connectivity index (χ1) is 11.4. The topological polar surface area (TPSA) is 88.1 Å². The van der Waals surface area contributed by atoms with Crippen LogP contribution in [0.4, 0.5) is 5.69 Å². The van der Waals surface area contributed by atoms with Crippen LogP contribution in [-0.4, -0.2) is 55.7 Å². The molecule has 1 saturated heterocycles. The number of halogens is 1. The van der Waals surface area contributed by atoms with Gasteiger partial charge in [-0.25, -0.2) is 0 Å². The third-order valence-corrected chi connectivity index (χ3v) is 4.32. The summed E-state index contributed by atoms with van der Waals surface area (Å²) in [6, 6.07) is 3.18. The first kappa shape index (κ1) is 18.4. The molecule has 1 fully saturated rings. The first-order valence-corrected chi connectivity index (χ1v) is 7.99. The van der Waals surface area contributed by atoms with Crippen molar-refractivity contribution in [2.24, 2.45) is 5.92 Å². The number of ether oxygens (including phenoxy) is 2. The number of methoxy groups -OCH3 is 2. The molecule has 132 valence electrons. The number of carboxylic acids is 1. The Morgan fingerprint density at radius 2 is 2.04 bits per heavy atom. The van der Waals surface area contributed by atoms with Crippen molar-refractivity contribution < 1.29 is 24.2 Å². The fourth-order valence-electron chi connectivity index (χ4n) is 2.67. The molecule has 1 aliphatic heterocycles. The lowest BCUT2D eigenvalue weighted by molar-refractivity contribution is -0.141. The highest BCUT2D eigenvalue weighted by Crippen LogP contribution is 2.35. The lowest BCUT2D eigenvalue weighted by atomic mass is 10.1. The summed E-state index contributed by atoms with van der Waals surface area (Å²) in [7, 11) is 2.98. The number of hydrogen-bond donors (Lipinski definition) is 2. The monoisotopic (exact) mass is 356 g/mol. The van der Waals surface area contributed by atoms with Gasteiger partial charge in [0.05, 0.1) is 30.8 Å². The van der Waals surface area contributed by atoms with Gasteiger partial charge >= 0.3 is 5.97 Å². The van der Waals surface area contributed by atoms with Gasteiger partial charge in [-0.2, -0.15) is 0 Å². The SMILES string of the molecule is COc1cc(NC(=O)CCN2CCC(C(=O)O)C2)c(OC)cc1Cl. The number of likely N-dealkylation sites (tertiary alicyclic amines) is 1. The molecule has 2 N–H and O–H groups in total. The fraction of sp³-hybridized carbons (Fsp3) is 0.500. The number of carboxylic acid groups (broad SMARTS) is 1. The minimum Gasteiger partial charge on any atom is -0.495 e. The maximum Gasteiger partial charge on any atom is 0.307 e. The molecule has 0 radical (unpaired) electrons. The van der Waals surface area contributed by atoms with Gasteiger partial charge < -0.3 is 24.8 Å². The lowest BCUT2D eigenvalue weighted by Crippen LogP contribution is -2.27. The number of amides is 1. The molecule has 1 heterocycles. The van der Waals surface area contributed by atoms with E-state index in [2.05, 4.69) is 5.32 Å². The zero-order valence-corrected chi connectivity index (χ0v) is 14.4. The first-order valence-electron chi connectivity index (χ1n) is 7.61. The summed E-state index contributed by atoms with van der Waals surface area (Å²) in [4.78, 5) is 25.1. The van der Waals surface area contributed by atoms with Crippen LogP contribution in [0, 0.1) is 5.92 Å². The maximum atomic E-state index is 12.2. The van der Waals surface area contributed by atoms with Crippen molar-refractivity contribution >= 4 is 29.2 Å². The number of benzene rings is 1. The number of nitrogens with one attached hydrogen (secondary N) is 1. The number of carbonyl (C=O) groups is 2. The molecule has 1 aromatic carbocycles. The smallest absolute Gasteiger partial charge is 0.307 e. The maximum absolute atomic E-state index is 12.2. The van der Waals surface area contributed by atoms with Gasteiger partial charge in [0.25, 0.3) is 0 Å². The second-order valence-corrected chi connectivity index (χ2v) is 6.02. The van der Waals surface area contributed by atoms with Gasteiger partial charge in [0.15, 0.2) is 0 Å². The van der Waals surface area contributed by atoms with Crippen LogP contribution in [0.2, 0.25) is 5.02 Å². The Balaban J connectivity index is 1.92. The molecule has 7 nitrogen and oxygen atoms in total. The van der Waals surface area contributed by atoms with Gasteiger partial charge in [0, 0.05) is 31.6 Å². The summed E-state index contributed by atoms with van der Waals surface area (Å²) < 4.78 is 10.4. The van der Waals surface area contributed by atoms with E-state index >= 15 is 0 Å². The highest BCUT2D eigenvalue weighted by Gasteiger charge is 2.27. The molecule has 1 aromatic rings. The van der Waals surface area contributed by atoms with Crippen LogP contribution in [-0.2, 0) is 9.59 Å². The minimum atomic E-state index is -0.778. The van der Waals surface area contributed by atoms with E-state index in [-0.39, 0.29) is 18.2 Å². The molecule has 0 bridgehead atoms. The average molecular weight is 357 g/mol. The molecule has 24 heavy (non-hydrogen) atoms. The molecule has 0 saturated carbocycles. The van der Waals surface area contributed by atoms with Gasteiger partial charge in [0.2, 0.25) is 5.91 Å². The predicted octanol–water partition coefficient (Wildman–Crippen LogP) is 2.09. The third kappa shape index (κ3) is 4.52. The number of rotatable bonds is 7. The summed E-state index contributed by atoms with van der Waals surface area (Å²) in [6.45, 7) is 1.70. The van der Waals surface area contributed by atoms with Gasteiger partial charge in [-0.05, 0) is 13.0 Å². The Morgan fingerprint density at radius 1 is 1.33 bits per heavy atom. The Bertz CT molecular complexity index is 623. The number of hydrogen-bond acceptors (Lipinski definition) is 5. The van der Waals surface area contributed by atoms with Crippen molar-refractivity contribution in [1.82, 2.24) is 4.90 Å². The zero-order valence-electron chi connectivity index (χ0n) is 13.7. The summed E-state index contributed by atoms with van der Waals surface area (Å²) in [5.74, 6) is -0.414. The summed E-state index contributed by atoms with van der Waals surface area (Å²) in [5.41, 5.74) is 0.480. The lowest BCUT2D eigenvalue weighted by Gasteiger charge is -2.16. The normalized spacial score (nSPS) is 17.5.